The van der Waals surface area contributed by atoms with Crippen molar-refractivity contribution in [1.82, 2.24) is 4.98 Å². The molecule has 6 nitrogen and oxygen atoms in total. The molecule has 1 heterocycles. The third kappa shape index (κ3) is 9.27. The number of aromatic nitrogens is 1. The van der Waals surface area contributed by atoms with Gasteiger partial charge in [0, 0.05) is 54.4 Å². The SMILES string of the molecule is CC=N\C=C/C=C(C)/C(/C=C/Nc1ccc(SCc2ccncc2)cc1)=N/C(N)=NC. The Balaban J connectivity index is 2.00. The number of allylic oxidation sites excluding steroid dienone is 4. The summed E-state index contributed by atoms with van der Waals surface area (Å²) in [5.41, 5.74) is 9.69. The fraction of sp³-hybridized carbons (Fsp3) is 0.167. The lowest BCUT2D eigenvalue weighted by atomic mass is 10.1. The van der Waals surface area contributed by atoms with Crippen LogP contribution < -0.4 is 11.1 Å². The number of hydrogen-bond acceptors (Lipinski definition) is 5. The average molecular weight is 433 g/mol. The van der Waals surface area contributed by atoms with Crippen LogP contribution in [0.4, 0.5) is 5.69 Å². The Kier molecular flexibility index (Phi) is 10.5. The van der Waals surface area contributed by atoms with E-state index >= 15 is 0 Å². The van der Waals surface area contributed by atoms with Crippen molar-refractivity contribution in [2.24, 2.45) is 20.7 Å². The molecule has 2 rings (SSSR count). The van der Waals surface area contributed by atoms with Crippen LogP contribution in [0.1, 0.15) is 19.4 Å². The van der Waals surface area contributed by atoms with Crippen LogP contribution in [0, 0.1) is 0 Å². The van der Waals surface area contributed by atoms with Gasteiger partial charge in [0.05, 0.1) is 5.71 Å². The molecule has 0 saturated carbocycles. The third-order valence-electron chi connectivity index (χ3n) is 4.04. The number of pyridine rings is 1. The molecule has 0 aliphatic carbocycles. The van der Waals surface area contributed by atoms with Crippen LogP contribution in [0.2, 0.25) is 0 Å². The van der Waals surface area contributed by atoms with Gasteiger partial charge in [0.1, 0.15) is 0 Å². The molecular weight excluding hydrogens is 404 g/mol. The maximum absolute atomic E-state index is 5.79. The quantitative estimate of drug-likeness (QED) is 0.246. The highest BCUT2D eigenvalue weighted by atomic mass is 32.2. The van der Waals surface area contributed by atoms with Crippen molar-refractivity contribution in [3.05, 3.63) is 90.6 Å². The van der Waals surface area contributed by atoms with Crippen LogP contribution in [0.15, 0.2) is 105 Å². The van der Waals surface area contributed by atoms with Gasteiger partial charge in [0.15, 0.2) is 0 Å². The molecule has 0 spiro atoms. The van der Waals surface area contributed by atoms with Gasteiger partial charge in [-0.15, -0.1) is 11.8 Å². The smallest absolute Gasteiger partial charge is 0.215 e. The lowest BCUT2D eigenvalue weighted by Gasteiger charge is -2.05. The van der Waals surface area contributed by atoms with Gasteiger partial charge >= 0.3 is 0 Å². The summed E-state index contributed by atoms with van der Waals surface area (Å²) in [6, 6.07) is 12.4. The molecular formula is C24H28N6S. The highest BCUT2D eigenvalue weighted by Crippen LogP contribution is 2.24. The molecule has 0 aliphatic heterocycles. The highest BCUT2D eigenvalue weighted by molar-refractivity contribution is 7.98. The van der Waals surface area contributed by atoms with E-state index in [0.717, 1.165) is 17.0 Å². The summed E-state index contributed by atoms with van der Waals surface area (Å²) < 4.78 is 0. The second-order valence-electron chi connectivity index (χ2n) is 6.32. The van der Waals surface area contributed by atoms with E-state index in [1.54, 1.807) is 31.2 Å². The van der Waals surface area contributed by atoms with Gasteiger partial charge < -0.3 is 11.1 Å². The number of thioether (sulfide) groups is 1. The average Bonchev–Trinajstić information content (AvgIpc) is 2.81. The van der Waals surface area contributed by atoms with Crippen LogP contribution in [-0.4, -0.2) is 29.9 Å². The summed E-state index contributed by atoms with van der Waals surface area (Å²) >= 11 is 1.79. The van der Waals surface area contributed by atoms with Crippen LogP contribution in [-0.2, 0) is 5.75 Å². The lowest BCUT2D eigenvalue weighted by Crippen LogP contribution is -2.12. The molecule has 31 heavy (non-hydrogen) atoms. The molecule has 0 atom stereocenters. The molecule has 160 valence electrons. The Morgan fingerprint density at radius 3 is 2.58 bits per heavy atom. The summed E-state index contributed by atoms with van der Waals surface area (Å²) in [7, 11) is 1.61. The van der Waals surface area contributed by atoms with Crippen LogP contribution in [0.3, 0.4) is 0 Å². The Bertz CT molecular complexity index is 986. The minimum absolute atomic E-state index is 0.221. The Hall–Kier alpha value is -3.45. The zero-order valence-electron chi connectivity index (χ0n) is 18.1. The number of nitrogens with two attached hydrogens (primary N) is 1. The molecule has 1 aromatic carbocycles. The van der Waals surface area contributed by atoms with E-state index in [9.17, 15) is 0 Å². The minimum Gasteiger partial charge on any atom is -0.368 e. The van der Waals surface area contributed by atoms with E-state index in [1.807, 2.05) is 74.9 Å². The normalized spacial score (nSPS) is 13.6. The van der Waals surface area contributed by atoms with Crippen LogP contribution in [0.25, 0.3) is 0 Å². The van der Waals surface area contributed by atoms with E-state index in [0.29, 0.717) is 5.71 Å². The monoisotopic (exact) mass is 432 g/mol. The summed E-state index contributed by atoms with van der Waals surface area (Å²) in [5, 5.41) is 3.27. The number of rotatable bonds is 9. The Morgan fingerprint density at radius 1 is 1.16 bits per heavy atom. The number of guanidine groups is 1. The molecule has 0 saturated heterocycles. The fourth-order valence-electron chi connectivity index (χ4n) is 2.35. The van der Waals surface area contributed by atoms with Crippen LogP contribution in [0.5, 0.6) is 0 Å². The number of hydrogen-bond donors (Lipinski definition) is 2. The van der Waals surface area contributed by atoms with Crippen LogP contribution >= 0.6 is 11.8 Å². The summed E-state index contributed by atoms with van der Waals surface area (Å²) in [4.78, 5) is 17.6. The van der Waals surface area contributed by atoms with Crippen molar-refractivity contribution in [3.63, 3.8) is 0 Å². The number of benzene rings is 1. The molecule has 2 aromatic rings. The van der Waals surface area contributed by atoms with Gasteiger partial charge in [-0.2, -0.15) is 0 Å². The van der Waals surface area contributed by atoms with Gasteiger partial charge in [-0.3, -0.25) is 15.0 Å². The molecule has 0 amide bonds. The van der Waals surface area contributed by atoms with Gasteiger partial charge in [-0.05, 0) is 73.5 Å². The van der Waals surface area contributed by atoms with E-state index in [1.165, 1.54) is 10.5 Å². The van der Waals surface area contributed by atoms with Gasteiger partial charge in [0.2, 0.25) is 5.96 Å². The maximum atomic E-state index is 5.79. The molecule has 0 radical (unpaired) electrons. The predicted molar refractivity (Wildman–Crippen MR) is 135 cm³/mol. The molecule has 0 bridgehead atoms. The van der Waals surface area contributed by atoms with Crippen molar-refractivity contribution < 1.29 is 0 Å². The van der Waals surface area contributed by atoms with Gasteiger partial charge in [-0.1, -0.05) is 6.08 Å². The minimum atomic E-state index is 0.221. The molecule has 0 fully saturated rings. The highest BCUT2D eigenvalue weighted by Gasteiger charge is 2.00. The van der Waals surface area contributed by atoms with Crippen molar-refractivity contribution in [2.75, 3.05) is 12.4 Å². The first-order valence-corrected chi connectivity index (χ1v) is 10.8. The Morgan fingerprint density at radius 2 is 1.90 bits per heavy atom. The van der Waals surface area contributed by atoms with Crippen molar-refractivity contribution in [2.45, 2.75) is 24.5 Å². The van der Waals surface area contributed by atoms with E-state index in [4.69, 9.17) is 5.73 Å². The topological polar surface area (TPSA) is 88.0 Å². The lowest BCUT2D eigenvalue weighted by molar-refractivity contribution is 1.27. The van der Waals surface area contributed by atoms with E-state index in [-0.39, 0.29) is 5.96 Å². The standard InChI is InChI=1S/C24H28N6S/c1-4-27-14-5-6-19(2)23(30-24(25)26-3)13-17-29-21-7-9-22(10-8-21)31-18-20-11-15-28-16-12-20/h4-17,29H,18H2,1-3H3,(H2,25,26)/b14-5-,17-13+,19-6+,27-4?,30-23+. The third-order valence-corrected chi connectivity index (χ3v) is 5.12. The Labute approximate surface area is 188 Å². The zero-order valence-corrected chi connectivity index (χ0v) is 18.9. The summed E-state index contributed by atoms with van der Waals surface area (Å²) in [6.07, 6.45) is 14.6. The first-order chi connectivity index (χ1) is 15.1. The predicted octanol–water partition coefficient (Wildman–Crippen LogP) is 5.24. The molecule has 0 aliphatic rings. The van der Waals surface area contributed by atoms with Gasteiger partial charge in [0.25, 0.3) is 0 Å². The van der Waals surface area contributed by atoms with Crippen molar-refractivity contribution >= 4 is 35.3 Å². The maximum Gasteiger partial charge on any atom is 0.215 e. The fourth-order valence-corrected chi connectivity index (χ4v) is 3.20. The molecule has 3 N–H and O–H groups in total. The second-order valence-corrected chi connectivity index (χ2v) is 7.37. The number of anilines is 1. The molecule has 0 unspecified atom stereocenters. The first kappa shape index (κ1) is 23.8. The van der Waals surface area contributed by atoms with Crippen molar-refractivity contribution in [1.29, 1.82) is 0 Å². The van der Waals surface area contributed by atoms with E-state index < -0.39 is 0 Å². The first-order valence-electron chi connectivity index (χ1n) is 9.79. The second kappa shape index (κ2) is 13.7. The van der Waals surface area contributed by atoms with Gasteiger partial charge in [-0.25, -0.2) is 4.99 Å². The molecule has 7 heteroatoms. The summed E-state index contributed by atoms with van der Waals surface area (Å²) in [6.45, 7) is 3.83. The van der Waals surface area contributed by atoms with E-state index in [2.05, 4.69) is 37.4 Å². The molecule has 1 aromatic heterocycles. The number of aliphatic imine (C=N–C) groups is 3. The summed E-state index contributed by atoms with van der Waals surface area (Å²) in [5.74, 6) is 1.14. The van der Waals surface area contributed by atoms with Crippen molar-refractivity contribution in [3.8, 4) is 0 Å². The zero-order chi connectivity index (χ0) is 22.3. The number of nitrogens with one attached hydrogen (secondary N) is 1. The number of nitrogens with zero attached hydrogens (tertiary/aromatic N) is 4. The largest absolute Gasteiger partial charge is 0.368 e.